The summed E-state index contributed by atoms with van der Waals surface area (Å²) in [6.07, 6.45) is 3.58. The molecule has 0 unspecified atom stereocenters. The highest BCUT2D eigenvalue weighted by molar-refractivity contribution is 7.89. The van der Waals surface area contributed by atoms with Gasteiger partial charge in [0.15, 0.2) is 0 Å². The van der Waals surface area contributed by atoms with Crippen molar-refractivity contribution in [3.63, 3.8) is 0 Å². The highest BCUT2D eigenvalue weighted by Crippen LogP contribution is 2.27. The van der Waals surface area contributed by atoms with E-state index in [0.717, 1.165) is 25.7 Å². The summed E-state index contributed by atoms with van der Waals surface area (Å²) in [5.74, 6) is 0.0894. The Morgan fingerprint density at radius 1 is 1.11 bits per heavy atom. The molecule has 2 aromatic carbocycles. The maximum atomic E-state index is 13.4. The minimum Gasteiger partial charge on any atom is -0.491 e. The number of carbonyl (C=O) groups is 2. The third-order valence-electron chi connectivity index (χ3n) is 6.88. The van der Waals surface area contributed by atoms with Crippen LogP contribution >= 0.6 is 11.6 Å². The zero-order chi connectivity index (χ0) is 27.9. The molecule has 208 valence electrons. The van der Waals surface area contributed by atoms with Crippen molar-refractivity contribution < 1.29 is 22.7 Å². The second-order valence-electron chi connectivity index (χ2n) is 10.0. The number of sulfonamides is 1. The van der Waals surface area contributed by atoms with Crippen LogP contribution in [0.2, 0.25) is 5.02 Å². The van der Waals surface area contributed by atoms with Crippen LogP contribution in [-0.4, -0.2) is 62.8 Å². The van der Waals surface area contributed by atoms with Crippen molar-refractivity contribution in [3.8, 4) is 5.75 Å². The lowest BCUT2D eigenvalue weighted by Crippen LogP contribution is -2.46. The lowest BCUT2D eigenvalue weighted by molar-refractivity contribution is -0.133. The van der Waals surface area contributed by atoms with Gasteiger partial charge in [-0.2, -0.15) is 0 Å². The van der Waals surface area contributed by atoms with Gasteiger partial charge in [0, 0.05) is 38.6 Å². The van der Waals surface area contributed by atoms with Crippen LogP contribution in [0.4, 0.5) is 0 Å². The van der Waals surface area contributed by atoms with Crippen LogP contribution in [0.5, 0.6) is 5.75 Å². The summed E-state index contributed by atoms with van der Waals surface area (Å²) in [7, 11) is -2.23. The molecule has 3 rings (SSSR count). The van der Waals surface area contributed by atoms with E-state index in [1.807, 2.05) is 18.7 Å². The van der Waals surface area contributed by atoms with Gasteiger partial charge in [-0.05, 0) is 48.6 Å². The Bertz CT molecular complexity index is 1230. The van der Waals surface area contributed by atoms with E-state index in [1.165, 1.54) is 18.2 Å². The lowest BCUT2D eigenvalue weighted by Gasteiger charge is -2.34. The lowest BCUT2D eigenvalue weighted by atomic mass is 10.0. The maximum absolute atomic E-state index is 13.4. The smallest absolute Gasteiger partial charge is 0.257 e. The Balaban J connectivity index is 1.94. The first-order valence-electron chi connectivity index (χ1n) is 13.0. The summed E-state index contributed by atoms with van der Waals surface area (Å²) in [6, 6.07) is 11.1. The third-order valence-corrected chi connectivity index (χ3v) is 8.64. The van der Waals surface area contributed by atoms with Crippen LogP contribution in [0.1, 0.15) is 62.4 Å². The molecular weight excluding hydrogens is 526 g/mol. The van der Waals surface area contributed by atoms with Crippen molar-refractivity contribution in [2.75, 3.05) is 26.7 Å². The number of ether oxygens (including phenoxy) is 1. The van der Waals surface area contributed by atoms with Gasteiger partial charge >= 0.3 is 0 Å². The van der Waals surface area contributed by atoms with Gasteiger partial charge in [0.25, 0.3) is 5.91 Å². The molecule has 0 aromatic heterocycles. The molecule has 8 nitrogen and oxygen atoms in total. The Morgan fingerprint density at radius 2 is 1.79 bits per heavy atom. The fourth-order valence-electron chi connectivity index (χ4n) is 4.53. The van der Waals surface area contributed by atoms with Crippen molar-refractivity contribution in [2.45, 2.75) is 63.9 Å². The molecule has 1 heterocycles. The molecule has 0 fully saturated rings. The van der Waals surface area contributed by atoms with Crippen LogP contribution in [0.15, 0.2) is 47.4 Å². The number of rotatable bonds is 5. The van der Waals surface area contributed by atoms with E-state index >= 15 is 0 Å². The van der Waals surface area contributed by atoms with Crippen molar-refractivity contribution in [1.82, 2.24) is 14.5 Å². The van der Waals surface area contributed by atoms with Gasteiger partial charge in [0.05, 0.1) is 16.5 Å². The fraction of sp³-hybridized carbons (Fsp3) is 0.500. The Kier molecular flexibility index (Phi) is 10.6. The Labute approximate surface area is 231 Å². The quantitative estimate of drug-likeness (QED) is 0.568. The van der Waals surface area contributed by atoms with E-state index in [0.29, 0.717) is 23.7 Å². The van der Waals surface area contributed by atoms with Gasteiger partial charge in [-0.3, -0.25) is 9.59 Å². The van der Waals surface area contributed by atoms with E-state index in [9.17, 15) is 18.0 Å². The standard InChI is InChI=1S/C28H38ClN3O5S/c1-20(2)26-19-37-27-14-13-23(38(35,36)30-18-22-11-7-8-12-25(22)29)17-24(27)28(34)31(4)15-9-5-6-10-16-32(26)21(3)33/h7-8,11-14,17,20,26,30H,5-6,9-10,15-16,18-19H2,1-4H3/t26-/m1/s1. The second-order valence-corrected chi connectivity index (χ2v) is 12.2. The molecule has 1 aliphatic heterocycles. The number of halogens is 1. The largest absolute Gasteiger partial charge is 0.491 e. The van der Waals surface area contributed by atoms with Crippen LogP contribution < -0.4 is 9.46 Å². The minimum atomic E-state index is -3.94. The Hall–Kier alpha value is -2.62. The zero-order valence-electron chi connectivity index (χ0n) is 22.6. The predicted molar refractivity (Wildman–Crippen MR) is 149 cm³/mol. The second kappa shape index (κ2) is 13.4. The highest BCUT2D eigenvalue weighted by Gasteiger charge is 2.27. The monoisotopic (exact) mass is 563 g/mol. The topological polar surface area (TPSA) is 96.0 Å². The number of nitrogens with one attached hydrogen (secondary N) is 1. The summed E-state index contributed by atoms with van der Waals surface area (Å²) in [4.78, 5) is 29.3. The molecule has 0 aliphatic carbocycles. The number of benzene rings is 2. The number of carbonyl (C=O) groups excluding carboxylic acids is 2. The minimum absolute atomic E-state index is 0.0125. The maximum Gasteiger partial charge on any atom is 0.257 e. The van der Waals surface area contributed by atoms with E-state index < -0.39 is 10.0 Å². The first-order valence-corrected chi connectivity index (χ1v) is 14.9. The molecule has 0 saturated carbocycles. The molecule has 2 amide bonds. The average molecular weight is 564 g/mol. The molecule has 2 aromatic rings. The van der Waals surface area contributed by atoms with Crippen LogP contribution in [-0.2, 0) is 21.4 Å². The molecular formula is C28H38ClN3O5S. The molecule has 1 aliphatic rings. The highest BCUT2D eigenvalue weighted by atomic mass is 35.5. The van der Waals surface area contributed by atoms with Crippen LogP contribution in [0.3, 0.4) is 0 Å². The summed E-state index contributed by atoms with van der Waals surface area (Å²) >= 11 is 6.18. The molecule has 0 bridgehead atoms. The van der Waals surface area contributed by atoms with Crippen molar-refractivity contribution >= 4 is 33.4 Å². The molecule has 0 spiro atoms. The van der Waals surface area contributed by atoms with E-state index in [1.54, 1.807) is 43.1 Å². The van der Waals surface area contributed by atoms with Gasteiger partial charge in [0.1, 0.15) is 12.4 Å². The number of nitrogens with zero attached hydrogens (tertiary/aromatic N) is 2. The van der Waals surface area contributed by atoms with E-state index in [4.69, 9.17) is 16.3 Å². The van der Waals surface area contributed by atoms with Crippen molar-refractivity contribution in [2.24, 2.45) is 5.92 Å². The van der Waals surface area contributed by atoms with Crippen LogP contribution in [0, 0.1) is 5.92 Å². The summed E-state index contributed by atoms with van der Waals surface area (Å²) in [6.45, 7) is 7.03. The summed E-state index contributed by atoms with van der Waals surface area (Å²) in [5, 5.41) is 0.462. The van der Waals surface area contributed by atoms with Crippen molar-refractivity contribution in [3.05, 3.63) is 58.6 Å². The van der Waals surface area contributed by atoms with Crippen molar-refractivity contribution in [1.29, 1.82) is 0 Å². The fourth-order valence-corrected chi connectivity index (χ4v) is 5.77. The van der Waals surface area contributed by atoms with Gasteiger partial charge in [-0.25, -0.2) is 13.1 Å². The van der Waals surface area contributed by atoms with E-state index in [-0.39, 0.29) is 53.1 Å². The predicted octanol–water partition coefficient (Wildman–Crippen LogP) is 4.72. The third kappa shape index (κ3) is 7.71. The first-order chi connectivity index (χ1) is 18.0. The SMILES string of the molecule is CC(=O)N1CCCCCCN(C)C(=O)c2cc(S(=O)(=O)NCc3ccccc3Cl)ccc2OC[C@@H]1C(C)C. The van der Waals surface area contributed by atoms with Crippen LogP contribution in [0.25, 0.3) is 0 Å². The number of hydrogen-bond donors (Lipinski definition) is 1. The molecule has 10 heteroatoms. The Morgan fingerprint density at radius 3 is 2.45 bits per heavy atom. The van der Waals surface area contributed by atoms with Gasteiger partial charge < -0.3 is 14.5 Å². The number of hydrogen-bond acceptors (Lipinski definition) is 5. The normalized spacial score (nSPS) is 18.1. The van der Waals surface area contributed by atoms with Gasteiger partial charge in [-0.15, -0.1) is 0 Å². The summed E-state index contributed by atoms with van der Waals surface area (Å²) < 4.78 is 35.0. The molecule has 38 heavy (non-hydrogen) atoms. The molecule has 0 saturated heterocycles. The molecule has 1 atom stereocenters. The van der Waals surface area contributed by atoms with Gasteiger partial charge in [-0.1, -0.05) is 56.5 Å². The number of amides is 2. The number of fused-ring (bicyclic) bond motifs is 1. The zero-order valence-corrected chi connectivity index (χ0v) is 24.1. The van der Waals surface area contributed by atoms with E-state index in [2.05, 4.69) is 4.72 Å². The van der Waals surface area contributed by atoms with Gasteiger partial charge in [0.2, 0.25) is 15.9 Å². The average Bonchev–Trinajstić information content (AvgIpc) is 2.87. The molecule has 0 radical (unpaired) electrons. The summed E-state index contributed by atoms with van der Waals surface area (Å²) in [5.41, 5.74) is 0.812. The first kappa shape index (κ1) is 29.9. The molecule has 1 N–H and O–H groups in total.